The molecule has 1 atom stereocenters. The van der Waals surface area contributed by atoms with Crippen LogP contribution in [-0.4, -0.2) is 24.9 Å². The SMILES string of the molecule is O=C(CCSc1ccc(Cl)cc1)NC(c1ccc2c(c1)OCCO2)C1CC1. The zero-order chi connectivity index (χ0) is 18.6. The average Bonchev–Trinajstić information content (AvgIpc) is 3.52. The van der Waals surface area contributed by atoms with Crippen molar-refractivity contribution in [2.45, 2.75) is 30.2 Å². The lowest BCUT2D eigenvalue weighted by molar-refractivity contribution is -0.121. The number of carbonyl (C=O) groups is 1. The summed E-state index contributed by atoms with van der Waals surface area (Å²) in [7, 11) is 0. The second kappa shape index (κ2) is 8.44. The highest BCUT2D eigenvalue weighted by molar-refractivity contribution is 7.99. The average molecular weight is 404 g/mol. The van der Waals surface area contributed by atoms with Gasteiger partial charge in [-0.05, 0) is 60.7 Å². The molecule has 1 aliphatic carbocycles. The van der Waals surface area contributed by atoms with Gasteiger partial charge in [0.05, 0.1) is 6.04 Å². The minimum absolute atomic E-state index is 0.0499. The summed E-state index contributed by atoms with van der Waals surface area (Å²) in [5.74, 6) is 2.90. The van der Waals surface area contributed by atoms with Gasteiger partial charge in [0, 0.05) is 22.1 Å². The Kier molecular flexibility index (Phi) is 5.79. The quantitative estimate of drug-likeness (QED) is 0.670. The normalized spacial score (nSPS) is 16.6. The van der Waals surface area contributed by atoms with Crippen molar-refractivity contribution in [3.8, 4) is 11.5 Å². The van der Waals surface area contributed by atoms with Crippen LogP contribution in [0.2, 0.25) is 5.02 Å². The summed E-state index contributed by atoms with van der Waals surface area (Å²) in [6.07, 6.45) is 2.79. The highest BCUT2D eigenvalue weighted by Gasteiger charge is 2.34. The number of rotatable bonds is 7. The molecule has 1 heterocycles. The molecule has 1 aliphatic heterocycles. The summed E-state index contributed by atoms with van der Waals surface area (Å²) in [4.78, 5) is 13.6. The molecule has 142 valence electrons. The number of nitrogens with one attached hydrogen (secondary N) is 1. The van der Waals surface area contributed by atoms with E-state index in [1.54, 1.807) is 11.8 Å². The van der Waals surface area contributed by atoms with Crippen molar-refractivity contribution in [3.05, 3.63) is 53.1 Å². The highest BCUT2D eigenvalue weighted by atomic mass is 35.5. The van der Waals surface area contributed by atoms with Crippen molar-refractivity contribution in [2.24, 2.45) is 5.92 Å². The predicted octanol–water partition coefficient (Wildman–Crippen LogP) is 4.86. The van der Waals surface area contributed by atoms with E-state index in [9.17, 15) is 4.79 Å². The number of hydrogen-bond acceptors (Lipinski definition) is 4. The van der Waals surface area contributed by atoms with E-state index in [0.717, 1.165) is 45.6 Å². The van der Waals surface area contributed by atoms with Gasteiger partial charge in [-0.3, -0.25) is 4.79 Å². The van der Waals surface area contributed by atoms with Crippen LogP contribution in [0.25, 0.3) is 0 Å². The molecule has 4 rings (SSSR count). The molecular weight excluding hydrogens is 382 g/mol. The molecule has 0 aromatic heterocycles. The van der Waals surface area contributed by atoms with Gasteiger partial charge in [0.1, 0.15) is 13.2 Å². The zero-order valence-electron chi connectivity index (χ0n) is 14.9. The Hall–Kier alpha value is -1.85. The second-order valence-corrected chi connectivity index (χ2v) is 8.44. The number of hydrogen-bond donors (Lipinski definition) is 1. The van der Waals surface area contributed by atoms with Crippen molar-refractivity contribution in [1.82, 2.24) is 5.32 Å². The number of carbonyl (C=O) groups excluding carboxylic acids is 1. The summed E-state index contributed by atoms with van der Waals surface area (Å²) in [5.41, 5.74) is 1.10. The fourth-order valence-electron chi connectivity index (χ4n) is 3.19. The van der Waals surface area contributed by atoms with Crippen LogP contribution in [-0.2, 0) is 4.79 Å². The largest absolute Gasteiger partial charge is 0.486 e. The van der Waals surface area contributed by atoms with Gasteiger partial charge in [-0.25, -0.2) is 0 Å². The van der Waals surface area contributed by atoms with E-state index in [1.165, 1.54) is 0 Å². The molecule has 1 amide bonds. The third-order valence-corrected chi connectivity index (χ3v) is 6.01. The van der Waals surface area contributed by atoms with Crippen LogP contribution >= 0.6 is 23.4 Å². The number of halogens is 1. The number of thioether (sulfide) groups is 1. The van der Waals surface area contributed by atoms with Crippen LogP contribution in [0.4, 0.5) is 0 Å². The molecule has 1 N–H and O–H groups in total. The lowest BCUT2D eigenvalue weighted by atomic mass is 10.0. The molecule has 0 bridgehead atoms. The van der Waals surface area contributed by atoms with Gasteiger partial charge >= 0.3 is 0 Å². The second-order valence-electron chi connectivity index (χ2n) is 6.84. The van der Waals surface area contributed by atoms with Crippen LogP contribution in [0, 0.1) is 5.92 Å². The van der Waals surface area contributed by atoms with Crippen molar-refractivity contribution < 1.29 is 14.3 Å². The standard InChI is InChI=1S/C21H22ClNO3S/c22-16-4-6-17(7-5-16)27-12-9-20(24)23-21(14-1-2-14)15-3-8-18-19(13-15)26-11-10-25-18/h3-8,13-14,21H,1-2,9-12H2,(H,23,24). The van der Waals surface area contributed by atoms with E-state index >= 15 is 0 Å². The molecule has 0 radical (unpaired) electrons. The molecule has 0 spiro atoms. The maximum Gasteiger partial charge on any atom is 0.221 e. The zero-order valence-corrected chi connectivity index (χ0v) is 16.5. The van der Waals surface area contributed by atoms with Gasteiger partial charge < -0.3 is 14.8 Å². The first-order valence-corrected chi connectivity index (χ1v) is 10.6. The Morgan fingerprint density at radius 3 is 2.59 bits per heavy atom. The first kappa shape index (κ1) is 18.5. The fourth-order valence-corrected chi connectivity index (χ4v) is 4.17. The molecule has 27 heavy (non-hydrogen) atoms. The third-order valence-electron chi connectivity index (χ3n) is 4.75. The summed E-state index contributed by atoms with van der Waals surface area (Å²) >= 11 is 7.57. The monoisotopic (exact) mass is 403 g/mol. The molecule has 1 saturated carbocycles. The van der Waals surface area contributed by atoms with Crippen LogP contribution in [0.15, 0.2) is 47.4 Å². The maximum atomic E-state index is 12.5. The molecular formula is C21H22ClNO3S. The number of ether oxygens (including phenoxy) is 2. The van der Waals surface area contributed by atoms with E-state index in [2.05, 4.69) is 5.32 Å². The van der Waals surface area contributed by atoms with E-state index in [1.807, 2.05) is 42.5 Å². The Balaban J connectivity index is 1.34. The third kappa shape index (κ3) is 4.90. The van der Waals surface area contributed by atoms with Crippen LogP contribution in [0.3, 0.4) is 0 Å². The van der Waals surface area contributed by atoms with Gasteiger partial charge in [0.2, 0.25) is 5.91 Å². The first-order valence-electron chi connectivity index (χ1n) is 9.26. The number of benzene rings is 2. The molecule has 1 unspecified atom stereocenters. The lowest BCUT2D eigenvalue weighted by Crippen LogP contribution is -2.30. The van der Waals surface area contributed by atoms with Gasteiger partial charge in [-0.1, -0.05) is 17.7 Å². The highest BCUT2D eigenvalue weighted by Crippen LogP contribution is 2.43. The smallest absolute Gasteiger partial charge is 0.221 e. The van der Waals surface area contributed by atoms with Crippen molar-refractivity contribution in [1.29, 1.82) is 0 Å². The maximum absolute atomic E-state index is 12.5. The van der Waals surface area contributed by atoms with Gasteiger partial charge in [-0.15, -0.1) is 11.8 Å². The molecule has 2 aliphatic rings. The van der Waals surface area contributed by atoms with Crippen LogP contribution < -0.4 is 14.8 Å². The fraction of sp³-hybridized carbons (Fsp3) is 0.381. The van der Waals surface area contributed by atoms with E-state index in [4.69, 9.17) is 21.1 Å². The van der Waals surface area contributed by atoms with Gasteiger partial charge in [0.25, 0.3) is 0 Å². The minimum Gasteiger partial charge on any atom is -0.486 e. The van der Waals surface area contributed by atoms with Crippen molar-refractivity contribution in [3.63, 3.8) is 0 Å². The first-order chi connectivity index (χ1) is 13.2. The summed E-state index contributed by atoms with van der Waals surface area (Å²) < 4.78 is 11.3. The van der Waals surface area contributed by atoms with Crippen LogP contribution in [0.1, 0.15) is 30.9 Å². The molecule has 6 heteroatoms. The minimum atomic E-state index is 0.0499. The Morgan fingerprint density at radius 2 is 1.85 bits per heavy atom. The van der Waals surface area contributed by atoms with Crippen molar-refractivity contribution >= 4 is 29.3 Å². The lowest BCUT2D eigenvalue weighted by Gasteiger charge is -2.23. The molecule has 2 aromatic rings. The number of fused-ring (bicyclic) bond motifs is 1. The molecule has 0 saturated heterocycles. The Bertz CT molecular complexity index is 808. The summed E-state index contributed by atoms with van der Waals surface area (Å²) in [5, 5.41) is 3.95. The van der Waals surface area contributed by atoms with E-state index in [-0.39, 0.29) is 11.9 Å². The Labute approximate surface area is 168 Å². The number of amides is 1. The predicted molar refractivity (Wildman–Crippen MR) is 108 cm³/mol. The molecule has 2 aromatic carbocycles. The molecule has 1 fully saturated rings. The van der Waals surface area contributed by atoms with Gasteiger partial charge in [-0.2, -0.15) is 0 Å². The van der Waals surface area contributed by atoms with E-state index < -0.39 is 0 Å². The summed E-state index contributed by atoms with van der Waals surface area (Å²) in [6, 6.07) is 13.7. The summed E-state index contributed by atoms with van der Waals surface area (Å²) in [6.45, 7) is 1.15. The Morgan fingerprint density at radius 1 is 1.11 bits per heavy atom. The molecule has 4 nitrogen and oxygen atoms in total. The van der Waals surface area contributed by atoms with Gasteiger partial charge in [0.15, 0.2) is 11.5 Å². The topological polar surface area (TPSA) is 47.6 Å². The van der Waals surface area contributed by atoms with E-state index in [0.29, 0.717) is 25.6 Å². The van der Waals surface area contributed by atoms with Crippen LogP contribution in [0.5, 0.6) is 11.5 Å². The van der Waals surface area contributed by atoms with Crippen molar-refractivity contribution in [2.75, 3.05) is 19.0 Å².